The lowest BCUT2D eigenvalue weighted by atomic mass is 10.3. The molecule has 1 saturated heterocycles. The Morgan fingerprint density at radius 1 is 0.818 bits per heavy atom. The summed E-state index contributed by atoms with van der Waals surface area (Å²) in [4.78, 5) is 1.73. The molecule has 0 saturated carbocycles. The third-order valence-electron chi connectivity index (χ3n) is 4.04. The van der Waals surface area contributed by atoms with Crippen LogP contribution in [0.1, 0.15) is 19.3 Å². The lowest BCUT2D eigenvalue weighted by Crippen LogP contribution is -3.10. The Bertz CT molecular complexity index is 565. The Hall–Kier alpha value is -2.00. The van der Waals surface area contributed by atoms with Crippen LogP contribution < -0.4 is 14.4 Å². The van der Waals surface area contributed by atoms with Crippen LogP contribution in [-0.2, 0) is 0 Å². The first-order chi connectivity index (χ1) is 10.9. The number of hydrogen-bond acceptors (Lipinski definition) is 2. The molecule has 3 rings (SSSR count). The molecule has 0 aromatic heterocycles. The number of likely N-dealkylation sites (tertiary alicyclic amines) is 1. The van der Waals surface area contributed by atoms with Crippen LogP contribution in [0.5, 0.6) is 17.2 Å². The number of hydrogen-bond donors (Lipinski definition) is 1. The quantitative estimate of drug-likeness (QED) is 0.794. The number of nitrogens with one attached hydrogen (secondary N) is 1. The first-order valence-electron chi connectivity index (χ1n) is 8.19. The first kappa shape index (κ1) is 14.9. The zero-order valence-corrected chi connectivity index (χ0v) is 13.0. The van der Waals surface area contributed by atoms with E-state index in [9.17, 15) is 0 Å². The molecule has 1 aliphatic rings. The minimum Gasteiger partial charge on any atom is -0.493 e. The summed E-state index contributed by atoms with van der Waals surface area (Å²) in [6, 6.07) is 17.7. The van der Waals surface area contributed by atoms with Crippen molar-refractivity contribution in [2.45, 2.75) is 19.3 Å². The summed E-state index contributed by atoms with van der Waals surface area (Å²) >= 11 is 0. The SMILES string of the molecule is c1ccc(Oc2cccc(OCCC[NH+]3CCCC3)c2)cc1. The van der Waals surface area contributed by atoms with Gasteiger partial charge < -0.3 is 14.4 Å². The lowest BCUT2D eigenvalue weighted by Gasteiger charge is -2.12. The number of para-hydroxylation sites is 1. The van der Waals surface area contributed by atoms with Crippen LogP contribution >= 0.6 is 0 Å². The third-order valence-corrected chi connectivity index (χ3v) is 4.04. The Labute approximate surface area is 132 Å². The number of ether oxygens (including phenoxy) is 2. The largest absolute Gasteiger partial charge is 0.493 e. The second-order valence-electron chi connectivity index (χ2n) is 5.80. The molecule has 22 heavy (non-hydrogen) atoms. The van der Waals surface area contributed by atoms with Crippen LogP contribution in [0.25, 0.3) is 0 Å². The molecule has 0 radical (unpaired) electrons. The van der Waals surface area contributed by atoms with Crippen LogP contribution in [0, 0.1) is 0 Å². The maximum atomic E-state index is 5.85. The number of quaternary nitrogens is 1. The highest BCUT2D eigenvalue weighted by Crippen LogP contribution is 2.24. The normalized spacial score (nSPS) is 14.9. The average molecular weight is 298 g/mol. The minimum absolute atomic E-state index is 0.776. The molecule has 0 atom stereocenters. The molecule has 0 amide bonds. The predicted molar refractivity (Wildman–Crippen MR) is 87.9 cm³/mol. The Morgan fingerprint density at radius 3 is 2.36 bits per heavy atom. The van der Waals surface area contributed by atoms with E-state index in [1.165, 1.54) is 32.5 Å². The molecule has 0 unspecified atom stereocenters. The zero-order chi connectivity index (χ0) is 15.0. The highest BCUT2D eigenvalue weighted by Gasteiger charge is 2.14. The molecule has 116 valence electrons. The van der Waals surface area contributed by atoms with Crippen molar-refractivity contribution in [1.29, 1.82) is 0 Å². The molecule has 3 nitrogen and oxygen atoms in total. The smallest absolute Gasteiger partial charge is 0.131 e. The van der Waals surface area contributed by atoms with E-state index >= 15 is 0 Å². The van der Waals surface area contributed by atoms with Crippen molar-refractivity contribution in [2.24, 2.45) is 0 Å². The van der Waals surface area contributed by atoms with Crippen molar-refractivity contribution in [1.82, 2.24) is 0 Å². The summed E-state index contributed by atoms with van der Waals surface area (Å²) in [5, 5.41) is 0. The summed E-state index contributed by atoms with van der Waals surface area (Å²) in [6.07, 6.45) is 3.88. The molecule has 1 N–H and O–H groups in total. The third kappa shape index (κ3) is 4.50. The van der Waals surface area contributed by atoms with E-state index in [0.29, 0.717) is 0 Å². The zero-order valence-electron chi connectivity index (χ0n) is 13.0. The van der Waals surface area contributed by atoms with Crippen molar-refractivity contribution >= 4 is 0 Å². The molecule has 0 bridgehead atoms. The van der Waals surface area contributed by atoms with Crippen molar-refractivity contribution in [3.8, 4) is 17.2 Å². The van der Waals surface area contributed by atoms with Crippen molar-refractivity contribution in [2.75, 3.05) is 26.2 Å². The van der Waals surface area contributed by atoms with Gasteiger partial charge in [0.1, 0.15) is 17.2 Å². The molecule has 3 heteroatoms. The van der Waals surface area contributed by atoms with E-state index in [-0.39, 0.29) is 0 Å². The van der Waals surface area contributed by atoms with Crippen LogP contribution in [0.4, 0.5) is 0 Å². The van der Waals surface area contributed by atoms with E-state index in [2.05, 4.69) is 0 Å². The minimum atomic E-state index is 0.776. The van der Waals surface area contributed by atoms with E-state index in [0.717, 1.165) is 30.3 Å². The summed E-state index contributed by atoms with van der Waals surface area (Å²) in [7, 11) is 0. The van der Waals surface area contributed by atoms with Gasteiger partial charge >= 0.3 is 0 Å². The van der Waals surface area contributed by atoms with Gasteiger partial charge in [-0.05, 0) is 24.3 Å². The number of benzene rings is 2. The fourth-order valence-corrected chi connectivity index (χ4v) is 2.89. The van der Waals surface area contributed by atoms with Gasteiger partial charge in [0, 0.05) is 25.3 Å². The topological polar surface area (TPSA) is 22.9 Å². The van der Waals surface area contributed by atoms with Gasteiger partial charge in [-0.3, -0.25) is 0 Å². The highest BCUT2D eigenvalue weighted by molar-refractivity contribution is 5.36. The van der Waals surface area contributed by atoms with Gasteiger partial charge in [-0.1, -0.05) is 24.3 Å². The highest BCUT2D eigenvalue weighted by atomic mass is 16.5. The van der Waals surface area contributed by atoms with Gasteiger partial charge in [0.2, 0.25) is 0 Å². The molecular formula is C19H24NO2+. The van der Waals surface area contributed by atoms with Crippen molar-refractivity contribution in [3.05, 3.63) is 54.6 Å². The maximum absolute atomic E-state index is 5.85. The molecule has 1 fully saturated rings. The van der Waals surface area contributed by atoms with Crippen molar-refractivity contribution < 1.29 is 14.4 Å². The van der Waals surface area contributed by atoms with Gasteiger partial charge in [0.25, 0.3) is 0 Å². The van der Waals surface area contributed by atoms with Gasteiger partial charge in [0.15, 0.2) is 0 Å². The second-order valence-corrected chi connectivity index (χ2v) is 5.80. The molecule has 2 aromatic rings. The number of rotatable bonds is 7. The van der Waals surface area contributed by atoms with Crippen LogP contribution in [0.2, 0.25) is 0 Å². The Kier molecular flexibility index (Phi) is 5.32. The molecule has 1 heterocycles. The predicted octanol–water partition coefficient (Wildman–Crippen LogP) is 2.93. The summed E-state index contributed by atoms with van der Waals surface area (Å²) in [5.41, 5.74) is 0. The van der Waals surface area contributed by atoms with Gasteiger partial charge in [-0.15, -0.1) is 0 Å². The van der Waals surface area contributed by atoms with E-state index in [1.54, 1.807) is 4.90 Å². The standard InChI is InChI=1S/C19H23NO2/c1-2-8-17(9-3-1)22-19-11-6-10-18(16-19)21-15-7-14-20-12-4-5-13-20/h1-3,6,8-11,16H,4-5,7,12-15H2/p+1. The summed E-state index contributed by atoms with van der Waals surface area (Å²) in [5.74, 6) is 2.54. The Morgan fingerprint density at radius 2 is 1.55 bits per heavy atom. The lowest BCUT2D eigenvalue weighted by molar-refractivity contribution is -0.887. The van der Waals surface area contributed by atoms with E-state index < -0.39 is 0 Å². The monoisotopic (exact) mass is 298 g/mol. The van der Waals surface area contributed by atoms with Gasteiger partial charge in [-0.2, -0.15) is 0 Å². The molecule has 1 aliphatic heterocycles. The molecular weight excluding hydrogens is 274 g/mol. The second kappa shape index (κ2) is 7.85. The van der Waals surface area contributed by atoms with Crippen molar-refractivity contribution in [3.63, 3.8) is 0 Å². The van der Waals surface area contributed by atoms with Gasteiger partial charge in [-0.25, -0.2) is 0 Å². The van der Waals surface area contributed by atoms with Crippen LogP contribution in [-0.4, -0.2) is 26.2 Å². The van der Waals surface area contributed by atoms with Crippen LogP contribution in [0.3, 0.4) is 0 Å². The van der Waals surface area contributed by atoms with Crippen LogP contribution in [0.15, 0.2) is 54.6 Å². The fraction of sp³-hybridized carbons (Fsp3) is 0.368. The molecule has 0 aliphatic carbocycles. The fourth-order valence-electron chi connectivity index (χ4n) is 2.89. The first-order valence-corrected chi connectivity index (χ1v) is 8.19. The van der Waals surface area contributed by atoms with E-state index in [1.807, 2.05) is 54.6 Å². The molecule has 0 spiro atoms. The Balaban J connectivity index is 1.46. The van der Waals surface area contributed by atoms with Gasteiger partial charge in [0.05, 0.1) is 26.2 Å². The molecule has 2 aromatic carbocycles. The summed E-state index contributed by atoms with van der Waals surface area (Å²) < 4.78 is 11.7. The average Bonchev–Trinajstić information content (AvgIpc) is 3.06. The summed E-state index contributed by atoms with van der Waals surface area (Å²) in [6.45, 7) is 4.67. The maximum Gasteiger partial charge on any atom is 0.131 e. The van der Waals surface area contributed by atoms with E-state index in [4.69, 9.17) is 9.47 Å².